The third-order valence-electron chi connectivity index (χ3n) is 3.16. The van der Waals surface area contributed by atoms with E-state index in [9.17, 15) is 13.2 Å². The van der Waals surface area contributed by atoms with Crippen LogP contribution in [0.25, 0.3) is 0 Å². The summed E-state index contributed by atoms with van der Waals surface area (Å²) in [6.07, 6.45) is 1.16. The summed E-state index contributed by atoms with van der Waals surface area (Å²) in [5, 5.41) is 2.78. The maximum atomic E-state index is 12.1. The van der Waals surface area contributed by atoms with Crippen molar-refractivity contribution in [1.82, 2.24) is 5.32 Å². The van der Waals surface area contributed by atoms with Crippen LogP contribution in [0.15, 0.2) is 53.4 Å². The highest BCUT2D eigenvalue weighted by Gasteiger charge is 2.11. The first-order valence-electron chi connectivity index (χ1n) is 6.62. The zero-order chi connectivity index (χ0) is 16.2. The summed E-state index contributed by atoms with van der Waals surface area (Å²) < 4.78 is 27.9. The van der Waals surface area contributed by atoms with Gasteiger partial charge in [-0.3, -0.25) is 4.79 Å². The van der Waals surface area contributed by atoms with Crippen molar-refractivity contribution in [2.45, 2.75) is 11.4 Å². The number of ether oxygens (including phenoxy) is 1. The second-order valence-corrected chi connectivity index (χ2v) is 6.81. The van der Waals surface area contributed by atoms with Gasteiger partial charge in [-0.2, -0.15) is 0 Å². The van der Waals surface area contributed by atoms with Crippen molar-refractivity contribution >= 4 is 15.7 Å². The number of nitrogens with one attached hydrogen (secondary N) is 1. The normalized spacial score (nSPS) is 11.0. The van der Waals surface area contributed by atoms with Gasteiger partial charge in [-0.05, 0) is 29.8 Å². The Kier molecular flexibility index (Phi) is 4.82. The third-order valence-corrected chi connectivity index (χ3v) is 4.28. The molecule has 2 aromatic rings. The van der Waals surface area contributed by atoms with E-state index in [-0.39, 0.29) is 10.8 Å². The smallest absolute Gasteiger partial charge is 0.255 e. The molecule has 6 heteroatoms. The fourth-order valence-electron chi connectivity index (χ4n) is 1.96. The van der Waals surface area contributed by atoms with Crippen molar-refractivity contribution < 1.29 is 17.9 Å². The highest BCUT2D eigenvalue weighted by atomic mass is 32.2. The van der Waals surface area contributed by atoms with E-state index in [1.807, 2.05) is 0 Å². The molecule has 1 N–H and O–H groups in total. The summed E-state index contributed by atoms with van der Waals surface area (Å²) >= 11 is 0. The number of sulfone groups is 1. The van der Waals surface area contributed by atoms with Crippen LogP contribution in [0.4, 0.5) is 0 Å². The minimum absolute atomic E-state index is 0.246. The van der Waals surface area contributed by atoms with Crippen LogP contribution in [0.1, 0.15) is 15.9 Å². The molecule has 0 fully saturated rings. The van der Waals surface area contributed by atoms with Crippen LogP contribution in [-0.4, -0.2) is 27.7 Å². The van der Waals surface area contributed by atoms with Crippen LogP contribution in [0.3, 0.4) is 0 Å². The SMILES string of the molecule is COc1ccccc1C(=O)NCc1ccc(S(C)(=O)=O)cc1. The fraction of sp³-hybridized carbons (Fsp3) is 0.188. The molecule has 0 saturated heterocycles. The fourth-order valence-corrected chi connectivity index (χ4v) is 2.59. The number of amides is 1. The molecule has 0 radical (unpaired) electrons. The van der Waals surface area contributed by atoms with Crippen molar-refractivity contribution in [2.75, 3.05) is 13.4 Å². The first-order valence-corrected chi connectivity index (χ1v) is 8.51. The maximum Gasteiger partial charge on any atom is 0.255 e. The molecule has 2 aromatic carbocycles. The number of para-hydroxylation sites is 1. The lowest BCUT2D eigenvalue weighted by atomic mass is 10.1. The first-order chi connectivity index (χ1) is 10.4. The van der Waals surface area contributed by atoms with Gasteiger partial charge in [0, 0.05) is 12.8 Å². The van der Waals surface area contributed by atoms with Gasteiger partial charge in [0.05, 0.1) is 17.6 Å². The summed E-state index contributed by atoms with van der Waals surface area (Å²) in [6.45, 7) is 0.306. The Labute approximate surface area is 129 Å². The second kappa shape index (κ2) is 6.62. The van der Waals surface area contributed by atoms with Gasteiger partial charge in [-0.25, -0.2) is 8.42 Å². The standard InChI is InChI=1S/C16H17NO4S/c1-21-15-6-4-3-5-14(15)16(18)17-11-12-7-9-13(10-8-12)22(2,19)20/h3-10H,11H2,1-2H3,(H,17,18). The molecule has 0 aliphatic heterocycles. The molecule has 0 spiro atoms. The van der Waals surface area contributed by atoms with Crippen molar-refractivity contribution in [3.8, 4) is 5.75 Å². The summed E-state index contributed by atoms with van der Waals surface area (Å²) in [7, 11) is -1.70. The van der Waals surface area contributed by atoms with Crippen LogP contribution in [0.2, 0.25) is 0 Å². The molecule has 0 unspecified atom stereocenters. The Morgan fingerprint density at radius 3 is 2.32 bits per heavy atom. The molecule has 2 rings (SSSR count). The number of methoxy groups -OCH3 is 1. The van der Waals surface area contributed by atoms with Crippen LogP contribution in [0.5, 0.6) is 5.75 Å². The molecule has 0 bridgehead atoms. The largest absolute Gasteiger partial charge is 0.496 e. The molecule has 5 nitrogen and oxygen atoms in total. The Bertz CT molecular complexity index is 767. The molecule has 0 heterocycles. The molecule has 0 saturated carbocycles. The number of hydrogen-bond acceptors (Lipinski definition) is 4. The van der Waals surface area contributed by atoms with Gasteiger partial charge in [0.15, 0.2) is 9.84 Å². The van der Waals surface area contributed by atoms with E-state index < -0.39 is 9.84 Å². The minimum Gasteiger partial charge on any atom is -0.496 e. The Morgan fingerprint density at radius 2 is 1.73 bits per heavy atom. The molecule has 0 aliphatic rings. The molecule has 0 aliphatic carbocycles. The van der Waals surface area contributed by atoms with E-state index >= 15 is 0 Å². The quantitative estimate of drug-likeness (QED) is 0.915. The van der Waals surface area contributed by atoms with Gasteiger partial charge in [0.1, 0.15) is 5.75 Å². The summed E-state index contributed by atoms with van der Waals surface area (Å²) in [6, 6.07) is 13.4. The van der Waals surface area contributed by atoms with Crippen LogP contribution >= 0.6 is 0 Å². The lowest BCUT2D eigenvalue weighted by Crippen LogP contribution is -2.23. The molecule has 0 atom stereocenters. The lowest BCUT2D eigenvalue weighted by Gasteiger charge is -2.09. The molecule has 116 valence electrons. The van der Waals surface area contributed by atoms with Gasteiger partial charge >= 0.3 is 0 Å². The number of carbonyl (C=O) groups is 1. The molecule has 1 amide bonds. The van der Waals surface area contributed by atoms with Gasteiger partial charge in [-0.15, -0.1) is 0 Å². The van der Waals surface area contributed by atoms with Crippen molar-refractivity contribution in [2.24, 2.45) is 0 Å². The van der Waals surface area contributed by atoms with Gasteiger partial charge < -0.3 is 10.1 Å². The highest BCUT2D eigenvalue weighted by molar-refractivity contribution is 7.90. The monoisotopic (exact) mass is 319 g/mol. The predicted molar refractivity (Wildman–Crippen MR) is 83.7 cm³/mol. The Balaban J connectivity index is 2.05. The number of carbonyl (C=O) groups excluding carboxylic acids is 1. The van der Waals surface area contributed by atoms with E-state index in [1.165, 1.54) is 19.2 Å². The van der Waals surface area contributed by atoms with E-state index in [0.29, 0.717) is 17.9 Å². The summed E-state index contributed by atoms with van der Waals surface area (Å²) in [5.74, 6) is 0.261. The minimum atomic E-state index is -3.21. The van der Waals surface area contributed by atoms with Crippen molar-refractivity contribution in [3.63, 3.8) is 0 Å². The second-order valence-electron chi connectivity index (χ2n) is 4.80. The van der Waals surface area contributed by atoms with E-state index in [0.717, 1.165) is 11.8 Å². The third kappa shape index (κ3) is 3.85. The van der Waals surface area contributed by atoms with E-state index in [4.69, 9.17) is 4.74 Å². The van der Waals surface area contributed by atoms with Crippen LogP contribution in [-0.2, 0) is 16.4 Å². The topological polar surface area (TPSA) is 72.5 Å². The molecular formula is C16H17NO4S. The van der Waals surface area contributed by atoms with E-state index in [1.54, 1.807) is 36.4 Å². The zero-order valence-electron chi connectivity index (χ0n) is 12.4. The van der Waals surface area contributed by atoms with E-state index in [2.05, 4.69) is 5.32 Å². The molecule has 22 heavy (non-hydrogen) atoms. The van der Waals surface area contributed by atoms with Gasteiger partial charge in [0.25, 0.3) is 5.91 Å². The average Bonchev–Trinajstić information content (AvgIpc) is 2.52. The Morgan fingerprint density at radius 1 is 1.09 bits per heavy atom. The summed E-state index contributed by atoms with van der Waals surface area (Å²) in [5.41, 5.74) is 1.27. The highest BCUT2D eigenvalue weighted by Crippen LogP contribution is 2.17. The van der Waals surface area contributed by atoms with Crippen molar-refractivity contribution in [3.05, 3.63) is 59.7 Å². The van der Waals surface area contributed by atoms with Crippen LogP contribution in [0, 0.1) is 0 Å². The van der Waals surface area contributed by atoms with Crippen LogP contribution < -0.4 is 10.1 Å². The van der Waals surface area contributed by atoms with Crippen molar-refractivity contribution in [1.29, 1.82) is 0 Å². The predicted octanol–water partition coefficient (Wildman–Crippen LogP) is 2.03. The number of rotatable bonds is 5. The number of benzene rings is 2. The lowest BCUT2D eigenvalue weighted by molar-refractivity contribution is 0.0948. The zero-order valence-corrected chi connectivity index (χ0v) is 13.2. The first kappa shape index (κ1) is 16.0. The Hall–Kier alpha value is -2.34. The van der Waals surface area contributed by atoms with Gasteiger partial charge in [-0.1, -0.05) is 24.3 Å². The molecular weight excluding hydrogens is 302 g/mol. The average molecular weight is 319 g/mol. The molecule has 0 aromatic heterocycles. The summed E-state index contributed by atoms with van der Waals surface area (Å²) in [4.78, 5) is 12.4. The maximum absolute atomic E-state index is 12.1. The number of hydrogen-bond donors (Lipinski definition) is 1. The van der Waals surface area contributed by atoms with Gasteiger partial charge in [0.2, 0.25) is 0 Å².